The molecule has 0 aliphatic carbocycles. The van der Waals surface area contributed by atoms with Crippen LogP contribution in [0.15, 0.2) is 53.3 Å². The molecule has 1 amide bonds. The third kappa shape index (κ3) is 3.72. The maximum atomic E-state index is 13.1. The predicted molar refractivity (Wildman–Crippen MR) is 97.8 cm³/mol. The van der Waals surface area contributed by atoms with E-state index in [0.717, 1.165) is 22.6 Å². The van der Waals surface area contributed by atoms with E-state index in [1.165, 1.54) is 28.8 Å². The first-order valence-corrected chi connectivity index (χ1v) is 8.24. The quantitative estimate of drug-likeness (QED) is 0.744. The van der Waals surface area contributed by atoms with Crippen molar-refractivity contribution in [2.75, 3.05) is 5.32 Å². The molecule has 7 heteroatoms. The van der Waals surface area contributed by atoms with Crippen LogP contribution in [0, 0.1) is 13.8 Å². The second-order valence-electron chi connectivity index (χ2n) is 6.31. The summed E-state index contributed by atoms with van der Waals surface area (Å²) in [5, 5.41) is 3.09. The van der Waals surface area contributed by atoms with Crippen LogP contribution in [-0.2, 0) is 17.5 Å². The summed E-state index contributed by atoms with van der Waals surface area (Å²) >= 11 is 0. The molecule has 0 bridgehead atoms. The Kier molecular flexibility index (Phi) is 4.78. The van der Waals surface area contributed by atoms with Crippen molar-refractivity contribution in [3.05, 3.63) is 75.6 Å². The van der Waals surface area contributed by atoms with Crippen molar-refractivity contribution in [3.63, 3.8) is 0 Å². The molecule has 0 saturated carbocycles. The summed E-state index contributed by atoms with van der Waals surface area (Å²) in [7, 11) is 0. The molecule has 3 aromatic rings. The number of benzene rings is 2. The number of aryl methyl sites for hydroxylation is 2. The fourth-order valence-corrected chi connectivity index (χ4v) is 3.12. The number of carbonyl (C=O) groups excluding carboxylic acids is 1. The van der Waals surface area contributed by atoms with Gasteiger partial charge >= 0.3 is 6.18 Å². The normalized spacial score (nSPS) is 11.6. The minimum Gasteiger partial charge on any atom is -0.324 e. The highest BCUT2D eigenvalue weighted by atomic mass is 19.4. The maximum absolute atomic E-state index is 13.1. The Bertz CT molecular complexity index is 1080. The van der Waals surface area contributed by atoms with Gasteiger partial charge in [-0.1, -0.05) is 30.3 Å². The first-order chi connectivity index (χ1) is 12.7. The second-order valence-corrected chi connectivity index (χ2v) is 6.31. The van der Waals surface area contributed by atoms with Crippen LogP contribution in [-0.4, -0.2) is 10.5 Å². The van der Waals surface area contributed by atoms with Crippen molar-refractivity contribution in [2.45, 2.75) is 26.6 Å². The van der Waals surface area contributed by atoms with E-state index in [-0.39, 0.29) is 17.8 Å². The van der Waals surface area contributed by atoms with E-state index in [0.29, 0.717) is 5.52 Å². The average Bonchev–Trinajstić information content (AvgIpc) is 2.58. The van der Waals surface area contributed by atoms with Gasteiger partial charge in [-0.15, -0.1) is 0 Å². The number of nitrogens with zero attached hydrogens (tertiary/aromatic N) is 1. The monoisotopic (exact) mass is 374 g/mol. The first kappa shape index (κ1) is 18.7. The highest BCUT2D eigenvalue weighted by Crippen LogP contribution is 2.34. The van der Waals surface area contributed by atoms with Crippen LogP contribution in [0.4, 0.5) is 18.9 Å². The summed E-state index contributed by atoms with van der Waals surface area (Å²) in [5.41, 5.74) is 0.525. The number of carbonyl (C=O) groups is 1. The standard InChI is InChI=1S/C20H17F3N2O2/c1-12-6-5-7-14-13(2)10-18(27)25(19(12)14)11-17(26)24-16-9-4-3-8-15(16)20(21,22)23/h3-10H,11H2,1-2H3,(H,24,26). The van der Waals surface area contributed by atoms with Crippen LogP contribution in [0.3, 0.4) is 0 Å². The van der Waals surface area contributed by atoms with Crippen molar-refractivity contribution < 1.29 is 18.0 Å². The number of para-hydroxylation sites is 2. The minimum absolute atomic E-state index is 0.337. The van der Waals surface area contributed by atoms with E-state index < -0.39 is 17.6 Å². The Morgan fingerprint density at radius 3 is 2.44 bits per heavy atom. The van der Waals surface area contributed by atoms with Gasteiger partial charge in [-0.25, -0.2) is 0 Å². The molecular formula is C20H17F3N2O2. The summed E-state index contributed by atoms with van der Waals surface area (Å²) in [6.07, 6.45) is -4.59. The van der Waals surface area contributed by atoms with Crippen molar-refractivity contribution in [2.24, 2.45) is 0 Å². The van der Waals surface area contributed by atoms with E-state index in [2.05, 4.69) is 5.32 Å². The zero-order valence-electron chi connectivity index (χ0n) is 14.7. The van der Waals surface area contributed by atoms with E-state index in [1.54, 1.807) is 6.92 Å². The SMILES string of the molecule is Cc1cc(=O)n(CC(=O)Nc2ccccc2C(F)(F)F)c2c(C)cccc12. The summed E-state index contributed by atoms with van der Waals surface area (Å²) in [6, 6.07) is 11.6. The van der Waals surface area contributed by atoms with Crippen LogP contribution in [0.5, 0.6) is 0 Å². The summed E-state index contributed by atoms with van der Waals surface area (Å²) in [5.74, 6) is -0.706. The lowest BCUT2D eigenvalue weighted by Crippen LogP contribution is -2.28. The molecule has 4 nitrogen and oxygen atoms in total. The van der Waals surface area contributed by atoms with Gasteiger partial charge < -0.3 is 5.32 Å². The molecule has 1 aromatic heterocycles. The molecule has 1 heterocycles. The van der Waals surface area contributed by atoms with Gasteiger partial charge in [0.05, 0.1) is 16.8 Å². The fraction of sp³-hybridized carbons (Fsp3) is 0.200. The molecule has 27 heavy (non-hydrogen) atoms. The van der Waals surface area contributed by atoms with Crippen molar-refractivity contribution in [1.29, 1.82) is 0 Å². The highest BCUT2D eigenvalue weighted by Gasteiger charge is 2.33. The zero-order chi connectivity index (χ0) is 19.8. The lowest BCUT2D eigenvalue weighted by Gasteiger charge is -2.16. The number of halogens is 3. The van der Waals surface area contributed by atoms with Gasteiger partial charge in [-0.3, -0.25) is 14.2 Å². The van der Waals surface area contributed by atoms with E-state index in [4.69, 9.17) is 0 Å². The number of rotatable bonds is 3. The van der Waals surface area contributed by atoms with Gasteiger partial charge in [0.1, 0.15) is 6.54 Å². The first-order valence-electron chi connectivity index (χ1n) is 8.24. The summed E-state index contributed by atoms with van der Waals surface area (Å²) in [4.78, 5) is 24.8. The third-order valence-electron chi connectivity index (χ3n) is 4.35. The van der Waals surface area contributed by atoms with E-state index >= 15 is 0 Å². The molecule has 0 aliphatic rings. The van der Waals surface area contributed by atoms with Gasteiger partial charge in [0.15, 0.2) is 0 Å². The lowest BCUT2D eigenvalue weighted by atomic mass is 10.1. The molecule has 0 spiro atoms. The zero-order valence-corrected chi connectivity index (χ0v) is 14.7. The van der Waals surface area contributed by atoms with Crippen LogP contribution in [0.1, 0.15) is 16.7 Å². The Labute approximate surface area is 153 Å². The number of hydrogen-bond donors (Lipinski definition) is 1. The van der Waals surface area contributed by atoms with Gasteiger partial charge in [0, 0.05) is 11.5 Å². The number of nitrogens with one attached hydrogen (secondary N) is 1. The lowest BCUT2D eigenvalue weighted by molar-refractivity contribution is -0.137. The molecular weight excluding hydrogens is 357 g/mol. The highest BCUT2D eigenvalue weighted by molar-refractivity contribution is 5.93. The number of alkyl halides is 3. The fourth-order valence-electron chi connectivity index (χ4n) is 3.12. The van der Waals surface area contributed by atoms with Crippen molar-refractivity contribution in [3.8, 4) is 0 Å². The Balaban J connectivity index is 1.98. The van der Waals surface area contributed by atoms with Crippen LogP contribution < -0.4 is 10.9 Å². The Morgan fingerprint density at radius 2 is 1.74 bits per heavy atom. The third-order valence-corrected chi connectivity index (χ3v) is 4.35. The molecule has 140 valence electrons. The Hall–Kier alpha value is -3.09. The van der Waals surface area contributed by atoms with E-state index in [1.807, 2.05) is 25.1 Å². The molecule has 0 saturated heterocycles. The van der Waals surface area contributed by atoms with Crippen LogP contribution in [0.2, 0.25) is 0 Å². The summed E-state index contributed by atoms with van der Waals surface area (Å²) in [6.45, 7) is 3.23. The van der Waals surface area contributed by atoms with Gasteiger partial charge in [0.25, 0.3) is 5.56 Å². The predicted octanol–water partition coefficient (Wildman–Crippen LogP) is 4.28. The van der Waals surface area contributed by atoms with Crippen molar-refractivity contribution in [1.82, 2.24) is 4.57 Å². The van der Waals surface area contributed by atoms with Crippen molar-refractivity contribution >= 4 is 22.5 Å². The number of fused-ring (bicyclic) bond motifs is 1. The largest absolute Gasteiger partial charge is 0.418 e. The molecule has 2 aromatic carbocycles. The molecule has 3 rings (SSSR count). The number of pyridine rings is 1. The number of aromatic nitrogens is 1. The van der Waals surface area contributed by atoms with E-state index in [9.17, 15) is 22.8 Å². The van der Waals surface area contributed by atoms with Gasteiger partial charge in [-0.2, -0.15) is 13.2 Å². The van der Waals surface area contributed by atoms with Gasteiger partial charge in [-0.05, 0) is 37.1 Å². The van der Waals surface area contributed by atoms with Crippen LogP contribution in [0.25, 0.3) is 10.9 Å². The molecule has 0 aliphatic heterocycles. The average molecular weight is 374 g/mol. The number of anilines is 1. The molecule has 1 N–H and O–H groups in total. The Morgan fingerprint density at radius 1 is 1.04 bits per heavy atom. The molecule has 0 atom stereocenters. The maximum Gasteiger partial charge on any atom is 0.418 e. The summed E-state index contributed by atoms with van der Waals surface area (Å²) < 4.78 is 40.5. The number of hydrogen-bond acceptors (Lipinski definition) is 2. The molecule has 0 radical (unpaired) electrons. The minimum atomic E-state index is -4.59. The smallest absolute Gasteiger partial charge is 0.324 e. The van der Waals surface area contributed by atoms with Crippen LogP contribution >= 0.6 is 0 Å². The van der Waals surface area contributed by atoms with Gasteiger partial charge in [0.2, 0.25) is 5.91 Å². The number of amides is 1. The molecule has 0 unspecified atom stereocenters. The molecule has 0 fully saturated rings. The second kappa shape index (κ2) is 6.90. The topological polar surface area (TPSA) is 51.1 Å².